The number of nitro benzene ring substituents is 1. The molecule has 100 valence electrons. The fraction of sp³-hybridized carbons (Fsp3) is 0.167. The number of nitro groups is 1. The monoisotopic (exact) mass is 264 g/mol. The molecule has 1 rings (SSSR count). The number of carbonyl (C=O) groups excluding carboxylic acids is 2. The van der Waals surface area contributed by atoms with E-state index in [1.165, 1.54) is 31.2 Å². The first-order chi connectivity index (χ1) is 8.95. The van der Waals surface area contributed by atoms with Gasteiger partial charge in [-0.2, -0.15) is 0 Å². The van der Waals surface area contributed by atoms with E-state index in [-0.39, 0.29) is 16.9 Å². The third-order valence-corrected chi connectivity index (χ3v) is 2.15. The van der Waals surface area contributed by atoms with Crippen molar-refractivity contribution < 1.29 is 19.2 Å². The standard InChI is InChI=1S/C12H12N2O5/c1-8(15)13-10(12(16)19-2)7-9-5-3-4-6-11(9)14(17)18/h3-7H,1-2H3,(H,13,15). The van der Waals surface area contributed by atoms with Crippen LogP contribution in [0.25, 0.3) is 6.08 Å². The summed E-state index contributed by atoms with van der Waals surface area (Å²) in [7, 11) is 1.15. The van der Waals surface area contributed by atoms with E-state index >= 15 is 0 Å². The molecular weight excluding hydrogens is 252 g/mol. The molecular formula is C12H12N2O5. The number of hydrogen-bond acceptors (Lipinski definition) is 5. The van der Waals surface area contributed by atoms with Crippen molar-refractivity contribution in [1.82, 2.24) is 5.32 Å². The Balaban J connectivity index is 3.25. The summed E-state index contributed by atoms with van der Waals surface area (Å²) in [5.41, 5.74) is -0.139. The third-order valence-electron chi connectivity index (χ3n) is 2.15. The highest BCUT2D eigenvalue weighted by Gasteiger charge is 2.16. The van der Waals surface area contributed by atoms with E-state index in [4.69, 9.17) is 0 Å². The Morgan fingerprint density at radius 2 is 2.00 bits per heavy atom. The molecule has 0 aliphatic heterocycles. The van der Waals surface area contributed by atoms with Crippen molar-refractivity contribution >= 4 is 23.6 Å². The highest BCUT2D eigenvalue weighted by Crippen LogP contribution is 2.20. The maximum absolute atomic E-state index is 11.5. The molecule has 0 fully saturated rings. The van der Waals surface area contributed by atoms with Crippen molar-refractivity contribution in [3.8, 4) is 0 Å². The molecule has 0 bridgehead atoms. The number of amides is 1. The van der Waals surface area contributed by atoms with Gasteiger partial charge in [-0.15, -0.1) is 0 Å². The number of nitrogens with one attached hydrogen (secondary N) is 1. The van der Waals surface area contributed by atoms with Crippen LogP contribution in [0.4, 0.5) is 5.69 Å². The van der Waals surface area contributed by atoms with Crippen molar-refractivity contribution in [3.05, 3.63) is 45.6 Å². The molecule has 0 saturated heterocycles. The number of methoxy groups -OCH3 is 1. The van der Waals surface area contributed by atoms with E-state index in [1.807, 2.05) is 0 Å². The van der Waals surface area contributed by atoms with Crippen molar-refractivity contribution in [2.45, 2.75) is 6.92 Å². The van der Waals surface area contributed by atoms with E-state index in [1.54, 1.807) is 6.07 Å². The predicted molar refractivity (Wildman–Crippen MR) is 66.9 cm³/mol. The molecule has 0 aliphatic carbocycles. The maximum Gasteiger partial charge on any atom is 0.354 e. The summed E-state index contributed by atoms with van der Waals surface area (Å²) in [6.45, 7) is 1.22. The Hall–Kier alpha value is -2.70. The molecule has 0 atom stereocenters. The predicted octanol–water partition coefficient (Wildman–Crippen LogP) is 1.24. The summed E-state index contributed by atoms with van der Waals surface area (Å²) in [5, 5.41) is 13.1. The van der Waals surface area contributed by atoms with Gasteiger partial charge in [0, 0.05) is 13.0 Å². The Labute approximate surface area is 109 Å². The Morgan fingerprint density at radius 1 is 1.37 bits per heavy atom. The van der Waals surface area contributed by atoms with E-state index < -0.39 is 16.8 Å². The van der Waals surface area contributed by atoms with Gasteiger partial charge in [0.2, 0.25) is 5.91 Å². The van der Waals surface area contributed by atoms with Gasteiger partial charge in [-0.3, -0.25) is 14.9 Å². The largest absolute Gasteiger partial charge is 0.464 e. The highest BCUT2D eigenvalue weighted by molar-refractivity contribution is 5.97. The second-order valence-electron chi connectivity index (χ2n) is 3.55. The average molecular weight is 264 g/mol. The molecule has 0 aromatic heterocycles. The lowest BCUT2D eigenvalue weighted by Gasteiger charge is -2.06. The molecule has 0 heterocycles. The van der Waals surface area contributed by atoms with Gasteiger partial charge in [-0.05, 0) is 12.1 Å². The van der Waals surface area contributed by atoms with Gasteiger partial charge < -0.3 is 10.1 Å². The molecule has 0 spiro atoms. The summed E-state index contributed by atoms with van der Waals surface area (Å²) in [4.78, 5) is 32.7. The molecule has 0 radical (unpaired) electrons. The average Bonchev–Trinajstić information content (AvgIpc) is 2.36. The maximum atomic E-state index is 11.5. The van der Waals surface area contributed by atoms with Crippen LogP contribution < -0.4 is 5.32 Å². The van der Waals surface area contributed by atoms with Crippen LogP contribution in [0.1, 0.15) is 12.5 Å². The highest BCUT2D eigenvalue weighted by atomic mass is 16.6. The molecule has 7 heteroatoms. The normalized spacial score (nSPS) is 10.7. The molecule has 19 heavy (non-hydrogen) atoms. The van der Waals surface area contributed by atoms with Gasteiger partial charge in [-0.1, -0.05) is 12.1 Å². The number of rotatable bonds is 4. The van der Waals surface area contributed by atoms with Crippen molar-refractivity contribution in [1.29, 1.82) is 0 Å². The zero-order chi connectivity index (χ0) is 14.4. The van der Waals surface area contributed by atoms with Crippen LogP contribution >= 0.6 is 0 Å². The Bertz CT molecular complexity index is 551. The van der Waals surface area contributed by atoms with Crippen LogP contribution in [0.3, 0.4) is 0 Å². The number of para-hydroxylation sites is 1. The molecule has 0 saturated carbocycles. The fourth-order valence-electron chi connectivity index (χ4n) is 1.38. The number of ether oxygens (including phenoxy) is 1. The molecule has 0 unspecified atom stereocenters. The quantitative estimate of drug-likeness (QED) is 0.382. The molecule has 1 aromatic carbocycles. The number of esters is 1. The van der Waals surface area contributed by atoms with Gasteiger partial charge in [0.05, 0.1) is 17.6 Å². The molecule has 7 nitrogen and oxygen atoms in total. The van der Waals surface area contributed by atoms with Crippen molar-refractivity contribution in [3.63, 3.8) is 0 Å². The van der Waals surface area contributed by atoms with Gasteiger partial charge in [0.1, 0.15) is 5.70 Å². The minimum atomic E-state index is -0.784. The lowest BCUT2D eigenvalue weighted by atomic mass is 10.1. The van der Waals surface area contributed by atoms with Crippen LogP contribution in [-0.2, 0) is 14.3 Å². The van der Waals surface area contributed by atoms with Crippen LogP contribution in [-0.4, -0.2) is 23.9 Å². The Kier molecular flexibility index (Phi) is 4.76. The summed E-state index contributed by atoms with van der Waals surface area (Å²) in [6.07, 6.45) is 1.20. The first-order valence-corrected chi connectivity index (χ1v) is 5.26. The molecule has 1 aromatic rings. The number of carbonyl (C=O) groups is 2. The van der Waals surface area contributed by atoms with Crippen LogP contribution in [0, 0.1) is 10.1 Å². The van der Waals surface area contributed by atoms with E-state index in [2.05, 4.69) is 10.1 Å². The van der Waals surface area contributed by atoms with Gasteiger partial charge >= 0.3 is 5.97 Å². The first-order valence-electron chi connectivity index (χ1n) is 5.26. The summed E-state index contributed by atoms with van der Waals surface area (Å²) < 4.78 is 4.49. The first kappa shape index (κ1) is 14.4. The second-order valence-corrected chi connectivity index (χ2v) is 3.55. The van der Waals surface area contributed by atoms with E-state index in [0.717, 1.165) is 7.11 Å². The van der Waals surface area contributed by atoms with Crippen LogP contribution in [0.5, 0.6) is 0 Å². The molecule has 0 aliphatic rings. The zero-order valence-corrected chi connectivity index (χ0v) is 10.4. The SMILES string of the molecule is COC(=O)C(=Cc1ccccc1[N+](=O)[O-])NC(C)=O. The minimum absolute atomic E-state index is 0.163. The van der Waals surface area contributed by atoms with Gasteiger partial charge in [-0.25, -0.2) is 4.79 Å². The van der Waals surface area contributed by atoms with E-state index in [9.17, 15) is 19.7 Å². The fourth-order valence-corrected chi connectivity index (χ4v) is 1.38. The lowest BCUT2D eigenvalue weighted by Crippen LogP contribution is -2.25. The van der Waals surface area contributed by atoms with Gasteiger partial charge in [0.15, 0.2) is 0 Å². The third kappa shape index (κ3) is 3.91. The smallest absolute Gasteiger partial charge is 0.354 e. The Morgan fingerprint density at radius 3 is 2.53 bits per heavy atom. The van der Waals surface area contributed by atoms with Crippen molar-refractivity contribution in [2.24, 2.45) is 0 Å². The van der Waals surface area contributed by atoms with Crippen LogP contribution in [0.2, 0.25) is 0 Å². The lowest BCUT2D eigenvalue weighted by molar-refractivity contribution is -0.385. The van der Waals surface area contributed by atoms with Crippen LogP contribution in [0.15, 0.2) is 30.0 Å². The molecule has 1 amide bonds. The number of benzene rings is 1. The summed E-state index contributed by atoms with van der Waals surface area (Å²) in [5.74, 6) is -1.26. The minimum Gasteiger partial charge on any atom is -0.464 e. The molecule has 1 N–H and O–H groups in total. The van der Waals surface area contributed by atoms with Crippen molar-refractivity contribution in [2.75, 3.05) is 7.11 Å². The van der Waals surface area contributed by atoms with E-state index in [0.29, 0.717) is 0 Å². The number of hydrogen-bond donors (Lipinski definition) is 1. The summed E-state index contributed by atoms with van der Waals surface area (Å²) in [6, 6.07) is 5.85. The summed E-state index contributed by atoms with van der Waals surface area (Å²) >= 11 is 0. The topological polar surface area (TPSA) is 98.5 Å². The van der Waals surface area contributed by atoms with Gasteiger partial charge in [0.25, 0.3) is 5.69 Å². The zero-order valence-electron chi connectivity index (χ0n) is 10.4. The second kappa shape index (κ2) is 6.29. The number of nitrogens with zero attached hydrogens (tertiary/aromatic N) is 1.